The van der Waals surface area contributed by atoms with Crippen LogP contribution < -0.4 is 18.9 Å². The van der Waals surface area contributed by atoms with Gasteiger partial charge in [-0.15, -0.1) is 0 Å². The van der Waals surface area contributed by atoms with Crippen molar-refractivity contribution in [3.8, 4) is 17.2 Å². The summed E-state index contributed by atoms with van der Waals surface area (Å²) in [4.78, 5) is 14.7. The summed E-state index contributed by atoms with van der Waals surface area (Å²) >= 11 is 0. The molecule has 1 atom stereocenters. The highest BCUT2D eigenvalue weighted by Crippen LogP contribution is 2.32. The van der Waals surface area contributed by atoms with Gasteiger partial charge in [-0.25, -0.2) is 13.1 Å². The number of likely N-dealkylation sites (tertiary alicyclic amines) is 1. The molecule has 3 rings (SSSR count). The Hall–Kier alpha value is -2.78. The third-order valence-electron chi connectivity index (χ3n) is 5.50. The first-order valence-corrected chi connectivity index (χ1v) is 12.7. The first-order chi connectivity index (χ1) is 15.8. The van der Waals surface area contributed by atoms with Crippen LogP contribution in [0.1, 0.15) is 55.6 Å². The van der Waals surface area contributed by atoms with Gasteiger partial charge in [0.15, 0.2) is 11.5 Å². The molecule has 0 aliphatic carbocycles. The highest BCUT2D eigenvalue weighted by Gasteiger charge is 2.26. The number of methoxy groups -OCH3 is 1. The number of hydrogen-bond acceptors (Lipinski definition) is 6. The summed E-state index contributed by atoms with van der Waals surface area (Å²) in [6.07, 6.45) is 1.88. The predicted molar refractivity (Wildman–Crippen MR) is 126 cm³/mol. The number of sulfonamides is 1. The molecule has 0 aromatic heterocycles. The standard InChI is InChI=1S/C24H32N2O6S/c1-5-31-22-11-9-18(15-23(22)32-6-2)17(3)25-33(28,29)19-10-12-21(30-4)20(16-19)24(27)26-13-7-8-14-26/h9-12,15-17,25H,5-8,13-14H2,1-4H3/t17-/m1/s1. The Bertz CT molecular complexity index is 1080. The van der Waals surface area contributed by atoms with Crippen LogP contribution in [-0.4, -0.2) is 52.6 Å². The molecule has 0 spiro atoms. The van der Waals surface area contributed by atoms with E-state index in [0.717, 1.165) is 18.4 Å². The number of ether oxygens (including phenoxy) is 3. The monoisotopic (exact) mass is 476 g/mol. The van der Waals surface area contributed by atoms with Crippen molar-refractivity contribution in [1.82, 2.24) is 9.62 Å². The van der Waals surface area contributed by atoms with Crippen LogP contribution in [0.3, 0.4) is 0 Å². The van der Waals surface area contributed by atoms with E-state index in [1.165, 1.54) is 25.3 Å². The van der Waals surface area contributed by atoms with E-state index >= 15 is 0 Å². The van der Waals surface area contributed by atoms with Crippen LogP contribution in [0.5, 0.6) is 17.2 Å². The maximum atomic E-state index is 13.2. The molecule has 1 N–H and O–H groups in total. The fourth-order valence-corrected chi connectivity index (χ4v) is 5.08. The van der Waals surface area contributed by atoms with E-state index in [2.05, 4.69) is 4.72 Å². The van der Waals surface area contributed by atoms with Crippen molar-refractivity contribution in [2.75, 3.05) is 33.4 Å². The molecule has 8 nitrogen and oxygen atoms in total. The van der Waals surface area contributed by atoms with Crippen LogP contribution in [-0.2, 0) is 10.0 Å². The van der Waals surface area contributed by atoms with Gasteiger partial charge in [-0.3, -0.25) is 4.79 Å². The maximum Gasteiger partial charge on any atom is 0.257 e. The molecule has 33 heavy (non-hydrogen) atoms. The maximum absolute atomic E-state index is 13.2. The van der Waals surface area contributed by atoms with E-state index in [-0.39, 0.29) is 16.4 Å². The summed E-state index contributed by atoms with van der Waals surface area (Å²) in [7, 11) is -2.44. The van der Waals surface area contributed by atoms with E-state index in [9.17, 15) is 13.2 Å². The third kappa shape index (κ3) is 5.78. The minimum atomic E-state index is -3.91. The summed E-state index contributed by atoms with van der Waals surface area (Å²) in [6.45, 7) is 7.79. The summed E-state index contributed by atoms with van der Waals surface area (Å²) in [6, 6.07) is 9.16. The van der Waals surface area contributed by atoms with Crippen molar-refractivity contribution in [2.24, 2.45) is 0 Å². The first-order valence-electron chi connectivity index (χ1n) is 11.2. The molecule has 180 valence electrons. The highest BCUT2D eigenvalue weighted by atomic mass is 32.2. The Kier molecular flexibility index (Phi) is 8.20. The molecule has 0 bridgehead atoms. The van der Waals surface area contributed by atoms with Crippen molar-refractivity contribution in [2.45, 2.75) is 44.6 Å². The molecule has 9 heteroatoms. The fourth-order valence-electron chi connectivity index (χ4n) is 3.82. The van der Waals surface area contributed by atoms with Crippen molar-refractivity contribution in [3.05, 3.63) is 47.5 Å². The second-order valence-corrected chi connectivity index (χ2v) is 9.49. The lowest BCUT2D eigenvalue weighted by atomic mass is 10.1. The third-order valence-corrected chi connectivity index (χ3v) is 7.04. The minimum absolute atomic E-state index is 0.00802. The molecular weight excluding hydrogens is 444 g/mol. The number of benzene rings is 2. The van der Waals surface area contributed by atoms with Gasteiger partial charge in [0.2, 0.25) is 10.0 Å². The quantitative estimate of drug-likeness (QED) is 0.561. The lowest BCUT2D eigenvalue weighted by Crippen LogP contribution is -2.29. The van der Waals surface area contributed by atoms with Gasteiger partial charge in [-0.2, -0.15) is 0 Å². The number of carbonyl (C=O) groups excluding carboxylic acids is 1. The van der Waals surface area contributed by atoms with E-state index < -0.39 is 16.1 Å². The van der Waals surface area contributed by atoms with Crippen LogP contribution >= 0.6 is 0 Å². The Morgan fingerprint density at radius 3 is 2.27 bits per heavy atom. The summed E-state index contributed by atoms with van der Waals surface area (Å²) in [5, 5.41) is 0. The zero-order chi connectivity index (χ0) is 24.0. The normalized spacial score (nSPS) is 14.7. The topological polar surface area (TPSA) is 94.2 Å². The lowest BCUT2D eigenvalue weighted by Gasteiger charge is -2.19. The number of amides is 1. The fraction of sp³-hybridized carbons (Fsp3) is 0.458. The molecule has 1 aliphatic heterocycles. The van der Waals surface area contributed by atoms with Crippen molar-refractivity contribution in [1.29, 1.82) is 0 Å². The smallest absolute Gasteiger partial charge is 0.257 e. The summed E-state index contributed by atoms with van der Waals surface area (Å²) in [5.41, 5.74) is 0.974. The Morgan fingerprint density at radius 2 is 1.64 bits per heavy atom. The minimum Gasteiger partial charge on any atom is -0.496 e. The molecular formula is C24H32N2O6S. The number of rotatable bonds is 10. The first kappa shape index (κ1) is 24.9. The average Bonchev–Trinajstić information content (AvgIpc) is 3.34. The van der Waals surface area contributed by atoms with Gasteiger partial charge in [-0.1, -0.05) is 6.07 Å². The second-order valence-electron chi connectivity index (χ2n) is 7.78. The van der Waals surface area contributed by atoms with E-state index in [1.54, 1.807) is 30.0 Å². The van der Waals surface area contributed by atoms with Crippen molar-refractivity contribution >= 4 is 15.9 Å². The van der Waals surface area contributed by atoms with Crippen molar-refractivity contribution < 1.29 is 27.4 Å². The molecule has 1 heterocycles. The molecule has 2 aromatic rings. The zero-order valence-electron chi connectivity index (χ0n) is 19.6. The number of carbonyl (C=O) groups is 1. The van der Waals surface area contributed by atoms with Gasteiger partial charge in [0.1, 0.15) is 5.75 Å². The Labute approximate surface area is 195 Å². The van der Waals surface area contributed by atoms with E-state index in [1.807, 2.05) is 13.8 Å². The SMILES string of the molecule is CCOc1ccc([C@@H](C)NS(=O)(=O)c2ccc(OC)c(C(=O)N3CCCC3)c2)cc1OCC. The molecule has 2 aromatic carbocycles. The summed E-state index contributed by atoms with van der Waals surface area (Å²) in [5.74, 6) is 1.30. The molecule has 1 amide bonds. The van der Waals surface area contributed by atoms with Crippen LogP contribution in [0.15, 0.2) is 41.3 Å². The Balaban J connectivity index is 1.86. The number of nitrogens with zero attached hydrogens (tertiary/aromatic N) is 1. The van der Waals surface area contributed by atoms with Gasteiger partial charge < -0.3 is 19.1 Å². The van der Waals surface area contributed by atoms with Gasteiger partial charge >= 0.3 is 0 Å². The molecule has 0 unspecified atom stereocenters. The summed E-state index contributed by atoms with van der Waals surface area (Å²) < 4.78 is 45.6. The van der Waals surface area contributed by atoms with E-state index in [4.69, 9.17) is 14.2 Å². The largest absolute Gasteiger partial charge is 0.496 e. The second kappa shape index (κ2) is 10.9. The number of nitrogens with one attached hydrogen (secondary N) is 1. The number of hydrogen-bond donors (Lipinski definition) is 1. The van der Waals surface area contributed by atoms with Gasteiger partial charge in [0.25, 0.3) is 5.91 Å². The predicted octanol–water partition coefficient (Wildman–Crippen LogP) is 3.77. The molecule has 1 saturated heterocycles. The lowest BCUT2D eigenvalue weighted by molar-refractivity contribution is 0.0789. The zero-order valence-corrected chi connectivity index (χ0v) is 20.4. The van der Waals surface area contributed by atoms with Gasteiger partial charge in [0.05, 0.1) is 30.8 Å². The van der Waals surface area contributed by atoms with Crippen LogP contribution in [0, 0.1) is 0 Å². The molecule has 0 saturated carbocycles. The molecule has 0 radical (unpaired) electrons. The van der Waals surface area contributed by atoms with Gasteiger partial charge in [-0.05, 0) is 69.5 Å². The van der Waals surface area contributed by atoms with E-state index in [0.29, 0.717) is 43.6 Å². The van der Waals surface area contributed by atoms with Crippen LogP contribution in [0.25, 0.3) is 0 Å². The molecule has 1 fully saturated rings. The van der Waals surface area contributed by atoms with Gasteiger partial charge in [0, 0.05) is 19.1 Å². The highest BCUT2D eigenvalue weighted by molar-refractivity contribution is 7.89. The van der Waals surface area contributed by atoms with Crippen LogP contribution in [0.4, 0.5) is 0 Å². The van der Waals surface area contributed by atoms with Crippen molar-refractivity contribution in [3.63, 3.8) is 0 Å². The van der Waals surface area contributed by atoms with Crippen LogP contribution in [0.2, 0.25) is 0 Å². The average molecular weight is 477 g/mol. The molecule has 1 aliphatic rings. The Morgan fingerprint density at radius 1 is 1.00 bits per heavy atom.